The molecular formula is C8H9N3O. The van der Waals surface area contributed by atoms with Gasteiger partial charge in [-0.1, -0.05) is 0 Å². The standard InChI is InChI=1S/C8H9N3O/c1-5-7(12-8(9)11-5)6-3-2-4-10-6/h2-4,10H,1H3,(H2,9,11). The quantitative estimate of drug-likeness (QED) is 0.670. The number of aromatic nitrogens is 2. The molecule has 0 bridgehead atoms. The first-order valence-corrected chi connectivity index (χ1v) is 3.64. The number of aromatic amines is 1. The van der Waals surface area contributed by atoms with E-state index in [4.69, 9.17) is 10.2 Å². The molecule has 0 saturated carbocycles. The molecule has 4 nitrogen and oxygen atoms in total. The van der Waals surface area contributed by atoms with E-state index in [1.807, 2.05) is 25.3 Å². The van der Waals surface area contributed by atoms with E-state index in [2.05, 4.69) is 9.97 Å². The minimum atomic E-state index is 0.206. The highest BCUT2D eigenvalue weighted by Gasteiger charge is 2.09. The lowest BCUT2D eigenvalue weighted by Crippen LogP contribution is -1.81. The second-order valence-electron chi connectivity index (χ2n) is 2.55. The highest BCUT2D eigenvalue weighted by Crippen LogP contribution is 2.23. The van der Waals surface area contributed by atoms with Crippen molar-refractivity contribution in [3.05, 3.63) is 24.0 Å². The molecule has 0 aliphatic rings. The fraction of sp³-hybridized carbons (Fsp3) is 0.125. The summed E-state index contributed by atoms with van der Waals surface area (Å²) in [6, 6.07) is 4.01. The van der Waals surface area contributed by atoms with Crippen LogP contribution in [0.5, 0.6) is 0 Å². The zero-order valence-corrected chi connectivity index (χ0v) is 6.66. The van der Waals surface area contributed by atoms with E-state index in [9.17, 15) is 0 Å². The molecule has 0 amide bonds. The fourth-order valence-corrected chi connectivity index (χ4v) is 1.14. The monoisotopic (exact) mass is 163 g/mol. The normalized spacial score (nSPS) is 10.4. The smallest absolute Gasteiger partial charge is 0.292 e. The Morgan fingerprint density at radius 2 is 2.42 bits per heavy atom. The van der Waals surface area contributed by atoms with Crippen LogP contribution in [0.25, 0.3) is 11.5 Å². The van der Waals surface area contributed by atoms with E-state index in [0.717, 1.165) is 11.4 Å². The predicted octanol–water partition coefficient (Wildman–Crippen LogP) is 1.56. The second kappa shape index (κ2) is 2.41. The number of rotatable bonds is 1. The molecule has 0 atom stereocenters. The molecule has 0 saturated heterocycles. The summed E-state index contributed by atoms with van der Waals surface area (Å²) >= 11 is 0. The maximum absolute atomic E-state index is 5.39. The topological polar surface area (TPSA) is 67.8 Å². The van der Waals surface area contributed by atoms with Crippen LogP contribution < -0.4 is 5.73 Å². The van der Waals surface area contributed by atoms with Crippen molar-refractivity contribution in [3.8, 4) is 11.5 Å². The van der Waals surface area contributed by atoms with Gasteiger partial charge in [-0.3, -0.25) is 0 Å². The van der Waals surface area contributed by atoms with Gasteiger partial charge in [-0.05, 0) is 19.1 Å². The van der Waals surface area contributed by atoms with Crippen LogP contribution >= 0.6 is 0 Å². The number of nitrogens with zero attached hydrogens (tertiary/aromatic N) is 1. The molecule has 3 N–H and O–H groups in total. The third-order valence-corrected chi connectivity index (χ3v) is 1.66. The van der Waals surface area contributed by atoms with Crippen molar-refractivity contribution in [1.82, 2.24) is 9.97 Å². The predicted molar refractivity (Wildman–Crippen MR) is 45.4 cm³/mol. The first-order valence-electron chi connectivity index (χ1n) is 3.64. The molecule has 12 heavy (non-hydrogen) atoms. The highest BCUT2D eigenvalue weighted by molar-refractivity contribution is 5.56. The Morgan fingerprint density at radius 3 is 2.92 bits per heavy atom. The summed E-state index contributed by atoms with van der Waals surface area (Å²) < 4.78 is 5.19. The number of anilines is 1. The summed E-state index contributed by atoms with van der Waals surface area (Å²) in [6.07, 6.45) is 1.83. The Kier molecular flexibility index (Phi) is 1.40. The second-order valence-corrected chi connectivity index (χ2v) is 2.55. The number of hydrogen-bond donors (Lipinski definition) is 2. The lowest BCUT2D eigenvalue weighted by molar-refractivity contribution is 0.592. The largest absolute Gasteiger partial charge is 0.422 e. The molecule has 0 unspecified atom stereocenters. The Labute approximate surface area is 69.4 Å². The fourth-order valence-electron chi connectivity index (χ4n) is 1.14. The van der Waals surface area contributed by atoms with Crippen LogP contribution in [0.15, 0.2) is 22.7 Å². The van der Waals surface area contributed by atoms with Crippen molar-refractivity contribution in [2.45, 2.75) is 6.92 Å². The molecule has 62 valence electrons. The molecule has 2 aromatic rings. The van der Waals surface area contributed by atoms with Crippen LogP contribution in [-0.4, -0.2) is 9.97 Å². The van der Waals surface area contributed by atoms with Gasteiger partial charge in [0.25, 0.3) is 6.01 Å². The van der Waals surface area contributed by atoms with Gasteiger partial charge in [0.2, 0.25) is 0 Å². The molecule has 0 aliphatic heterocycles. The summed E-state index contributed by atoms with van der Waals surface area (Å²) in [5.41, 5.74) is 7.09. The number of nitrogen functional groups attached to an aromatic ring is 1. The number of nitrogens with one attached hydrogen (secondary N) is 1. The van der Waals surface area contributed by atoms with Crippen LogP contribution in [-0.2, 0) is 0 Å². The maximum Gasteiger partial charge on any atom is 0.292 e. The van der Waals surface area contributed by atoms with Gasteiger partial charge in [0.05, 0.1) is 11.4 Å². The Balaban J connectivity index is 2.54. The summed E-state index contributed by atoms with van der Waals surface area (Å²) in [5.74, 6) is 0.706. The first-order chi connectivity index (χ1) is 5.77. The zero-order chi connectivity index (χ0) is 8.55. The summed E-state index contributed by atoms with van der Waals surface area (Å²) in [6.45, 7) is 1.86. The van der Waals surface area contributed by atoms with Crippen molar-refractivity contribution in [3.63, 3.8) is 0 Å². The zero-order valence-electron chi connectivity index (χ0n) is 6.66. The van der Waals surface area contributed by atoms with Crippen LogP contribution in [0.2, 0.25) is 0 Å². The SMILES string of the molecule is Cc1nc(N)oc1-c1ccc[nH]1. The molecule has 4 heteroatoms. The first kappa shape index (κ1) is 6.97. The van der Waals surface area contributed by atoms with Gasteiger partial charge >= 0.3 is 0 Å². The van der Waals surface area contributed by atoms with Gasteiger partial charge in [-0.25, -0.2) is 0 Å². The molecule has 2 aromatic heterocycles. The summed E-state index contributed by atoms with van der Waals surface area (Å²) in [7, 11) is 0. The van der Waals surface area contributed by atoms with Gasteiger partial charge in [0.1, 0.15) is 0 Å². The molecule has 0 radical (unpaired) electrons. The average Bonchev–Trinajstić information content (AvgIpc) is 2.58. The molecule has 2 heterocycles. The number of aryl methyl sites for hydroxylation is 1. The minimum Gasteiger partial charge on any atom is -0.422 e. The van der Waals surface area contributed by atoms with Gasteiger partial charge in [0, 0.05) is 6.20 Å². The van der Waals surface area contributed by atoms with E-state index >= 15 is 0 Å². The number of oxazole rings is 1. The van der Waals surface area contributed by atoms with Gasteiger partial charge in [-0.2, -0.15) is 4.98 Å². The lowest BCUT2D eigenvalue weighted by atomic mass is 10.3. The van der Waals surface area contributed by atoms with E-state index in [1.54, 1.807) is 0 Å². The number of hydrogen-bond acceptors (Lipinski definition) is 3. The van der Waals surface area contributed by atoms with Crippen molar-refractivity contribution in [2.75, 3.05) is 5.73 Å². The van der Waals surface area contributed by atoms with Crippen LogP contribution in [0.1, 0.15) is 5.69 Å². The van der Waals surface area contributed by atoms with Gasteiger partial charge in [0.15, 0.2) is 5.76 Å². The highest BCUT2D eigenvalue weighted by atomic mass is 16.4. The van der Waals surface area contributed by atoms with E-state index in [-0.39, 0.29) is 6.01 Å². The maximum atomic E-state index is 5.39. The van der Waals surface area contributed by atoms with Crippen molar-refractivity contribution >= 4 is 6.01 Å². The summed E-state index contributed by atoms with van der Waals surface area (Å²) in [5, 5.41) is 0. The van der Waals surface area contributed by atoms with E-state index in [1.165, 1.54) is 0 Å². The molecule has 0 fully saturated rings. The molecule has 2 rings (SSSR count). The third-order valence-electron chi connectivity index (χ3n) is 1.66. The van der Waals surface area contributed by atoms with Crippen LogP contribution in [0, 0.1) is 6.92 Å². The Hall–Kier alpha value is -1.71. The Bertz CT molecular complexity index is 375. The molecule has 0 spiro atoms. The van der Waals surface area contributed by atoms with Crippen molar-refractivity contribution in [1.29, 1.82) is 0 Å². The van der Waals surface area contributed by atoms with Crippen LogP contribution in [0.3, 0.4) is 0 Å². The van der Waals surface area contributed by atoms with Crippen molar-refractivity contribution < 1.29 is 4.42 Å². The van der Waals surface area contributed by atoms with Crippen molar-refractivity contribution in [2.24, 2.45) is 0 Å². The van der Waals surface area contributed by atoms with E-state index in [0.29, 0.717) is 5.76 Å². The minimum absolute atomic E-state index is 0.206. The van der Waals surface area contributed by atoms with Gasteiger partial charge in [-0.15, -0.1) is 0 Å². The summed E-state index contributed by atoms with van der Waals surface area (Å²) in [4.78, 5) is 6.98. The molecular weight excluding hydrogens is 154 g/mol. The molecule has 0 aliphatic carbocycles. The molecule has 0 aromatic carbocycles. The lowest BCUT2D eigenvalue weighted by Gasteiger charge is -1.90. The van der Waals surface area contributed by atoms with Gasteiger partial charge < -0.3 is 15.1 Å². The average molecular weight is 163 g/mol. The number of nitrogens with two attached hydrogens (primary N) is 1. The Morgan fingerprint density at radius 1 is 1.58 bits per heavy atom. The van der Waals surface area contributed by atoms with Crippen LogP contribution in [0.4, 0.5) is 6.01 Å². The number of H-pyrrole nitrogens is 1. The third kappa shape index (κ3) is 0.972. The van der Waals surface area contributed by atoms with E-state index < -0.39 is 0 Å².